The van der Waals surface area contributed by atoms with Crippen LogP contribution in [0.2, 0.25) is 0 Å². The van der Waals surface area contributed by atoms with E-state index < -0.39 is 23.3 Å². The van der Waals surface area contributed by atoms with E-state index in [-0.39, 0.29) is 30.6 Å². The van der Waals surface area contributed by atoms with Crippen molar-refractivity contribution in [3.8, 4) is 11.5 Å². The molecule has 1 unspecified atom stereocenters. The molecule has 0 bridgehead atoms. The van der Waals surface area contributed by atoms with Gasteiger partial charge >= 0.3 is 5.97 Å². The molecule has 1 aliphatic carbocycles. The van der Waals surface area contributed by atoms with Crippen LogP contribution in [0, 0.1) is 0 Å². The highest BCUT2D eigenvalue weighted by Gasteiger charge is 2.59. The molecule has 38 heavy (non-hydrogen) atoms. The first-order chi connectivity index (χ1) is 18.2. The standard InChI is InChI=1S/C29H38N2O7/c1-27(2)8-5-10-29(38-27,16-23(32)30-3)26(33)37-25-22(34-4)15-28-9-6-11-31(28)12-7-18-13-20-21(36-17-35-20)14-19(18)24(25)28/h13-15,24-25H,5-12,16-17H2,1-4H3,(H,30,32)/t24-,25?,28+,29-/m1/s1. The number of fused-ring (bicyclic) bond motifs is 3. The first kappa shape index (κ1) is 25.5. The lowest BCUT2D eigenvalue weighted by atomic mass is 9.77. The molecule has 206 valence electrons. The molecule has 2 saturated heterocycles. The molecule has 6 rings (SSSR count). The zero-order chi connectivity index (χ0) is 26.7. The second kappa shape index (κ2) is 9.16. The molecule has 0 saturated carbocycles. The molecule has 9 heteroatoms. The van der Waals surface area contributed by atoms with E-state index in [1.165, 1.54) is 5.56 Å². The predicted octanol–water partition coefficient (Wildman–Crippen LogP) is 3.20. The summed E-state index contributed by atoms with van der Waals surface area (Å²) in [6.07, 6.45) is 6.33. The van der Waals surface area contributed by atoms with Gasteiger partial charge in [0.25, 0.3) is 0 Å². The molecule has 1 aromatic rings. The quantitative estimate of drug-likeness (QED) is 0.585. The fourth-order valence-electron chi connectivity index (χ4n) is 7.44. The molecular weight excluding hydrogens is 488 g/mol. The number of carbonyl (C=O) groups is 2. The molecule has 0 radical (unpaired) electrons. The smallest absolute Gasteiger partial charge is 0.339 e. The van der Waals surface area contributed by atoms with Crippen LogP contribution in [0.1, 0.15) is 69.4 Å². The maximum atomic E-state index is 14.2. The second-order valence-electron chi connectivity index (χ2n) is 11.9. The highest BCUT2D eigenvalue weighted by atomic mass is 16.7. The summed E-state index contributed by atoms with van der Waals surface area (Å²) in [6, 6.07) is 4.15. The third-order valence-electron chi connectivity index (χ3n) is 9.13. The molecule has 4 atom stereocenters. The lowest BCUT2D eigenvalue weighted by Crippen LogP contribution is -2.55. The van der Waals surface area contributed by atoms with Crippen molar-refractivity contribution in [2.24, 2.45) is 0 Å². The number of hydrogen-bond acceptors (Lipinski definition) is 8. The molecule has 9 nitrogen and oxygen atoms in total. The van der Waals surface area contributed by atoms with E-state index in [1.54, 1.807) is 14.2 Å². The normalized spacial score (nSPS) is 32.9. The Kier molecular flexibility index (Phi) is 6.14. The largest absolute Gasteiger partial charge is 0.497 e. The van der Waals surface area contributed by atoms with Crippen LogP contribution in [-0.4, -0.2) is 73.7 Å². The van der Waals surface area contributed by atoms with Crippen molar-refractivity contribution >= 4 is 11.9 Å². The van der Waals surface area contributed by atoms with Crippen molar-refractivity contribution in [1.82, 2.24) is 10.2 Å². The fraction of sp³-hybridized carbons (Fsp3) is 0.655. The van der Waals surface area contributed by atoms with Crippen molar-refractivity contribution in [2.45, 2.75) is 87.6 Å². The number of amides is 1. The predicted molar refractivity (Wildman–Crippen MR) is 138 cm³/mol. The lowest BCUT2D eigenvalue weighted by molar-refractivity contribution is -0.214. The van der Waals surface area contributed by atoms with Gasteiger partial charge in [0.15, 0.2) is 23.2 Å². The summed E-state index contributed by atoms with van der Waals surface area (Å²) in [4.78, 5) is 29.3. The number of hydrogen-bond donors (Lipinski definition) is 1. The van der Waals surface area contributed by atoms with Crippen molar-refractivity contribution in [2.75, 3.05) is 34.0 Å². The Labute approximate surface area is 223 Å². The second-order valence-corrected chi connectivity index (χ2v) is 11.9. The number of methoxy groups -OCH3 is 1. The molecule has 1 aromatic carbocycles. The molecule has 2 fully saturated rings. The zero-order valence-corrected chi connectivity index (χ0v) is 22.8. The minimum absolute atomic E-state index is 0.0816. The molecule has 1 N–H and O–H groups in total. The highest BCUT2D eigenvalue weighted by molar-refractivity contribution is 5.88. The summed E-state index contributed by atoms with van der Waals surface area (Å²) < 4.78 is 30.2. The molecule has 4 heterocycles. The molecule has 1 amide bonds. The van der Waals surface area contributed by atoms with Gasteiger partial charge in [-0.3, -0.25) is 9.69 Å². The van der Waals surface area contributed by atoms with Gasteiger partial charge in [0, 0.05) is 13.6 Å². The van der Waals surface area contributed by atoms with Gasteiger partial charge in [-0.2, -0.15) is 0 Å². The van der Waals surface area contributed by atoms with Crippen molar-refractivity contribution in [3.63, 3.8) is 0 Å². The van der Waals surface area contributed by atoms with Crippen LogP contribution in [0.25, 0.3) is 0 Å². The van der Waals surface area contributed by atoms with E-state index in [2.05, 4.69) is 28.4 Å². The Morgan fingerprint density at radius 3 is 2.63 bits per heavy atom. The Morgan fingerprint density at radius 1 is 1.11 bits per heavy atom. The summed E-state index contributed by atoms with van der Waals surface area (Å²) in [5.74, 6) is 1.19. The average molecular weight is 527 g/mol. The van der Waals surface area contributed by atoms with Gasteiger partial charge in [-0.05, 0) is 88.3 Å². The first-order valence-corrected chi connectivity index (χ1v) is 13.8. The summed E-state index contributed by atoms with van der Waals surface area (Å²) >= 11 is 0. The minimum Gasteiger partial charge on any atom is -0.497 e. The topological polar surface area (TPSA) is 95.6 Å². The number of carbonyl (C=O) groups excluding carboxylic acids is 2. The van der Waals surface area contributed by atoms with E-state index >= 15 is 0 Å². The minimum atomic E-state index is -1.35. The number of esters is 1. The average Bonchev–Trinajstić information content (AvgIpc) is 3.57. The third-order valence-corrected chi connectivity index (χ3v) is 9.13. The Bertz CT molecular complexity index is 1180. The number of rotatable bonds is 5. The Morgan fingerprint density at radius 2 is 1.89 bits per heavy atom. The van der Waals surface area contributed by atoms with Crippen molar-refractivity contribution in [3.05, 3.63) is 35.1 Å². The summed E-state index contributed by atoms with van der Waals surface area (Å²) in [5.41, 5.74) is 0.0568. The van der Waals surface area contributed by atoms with Crippen LogP contribution < -0.4 is 14.8 Å². The van der Waals surface area contributed by atoms with E-state index in [9.17, 15) is 9.59 Å². The number of ether oxygens (including phenoxy) is 5. The zero-order valence-electron chi connectivity index (χ0n) is 22.8. The number of nitrogens with one attached hydrogen (secondary N) is 1. The van der Waals surface area contributed by atoms with Crippen LogP contribution in [0.3, 0.4) is 0 Å². The molecule has 1 spiro atoms. The van der Waals surface area contributed by atoms with Crippen LogP contribution in [0.5, 0.6) is 11.5 Å². The maximum absolute atomic E-state index is 14.2. The first-order valence-electron chi connectivity index (χ1n) is 13.8. The van der Waals surface area contributed by atoms with Crippen LogP contribution >= 0.6 is 0 Å². The van der Waals surface area contributed by atoms with Gasteiger partial charge in [-0.15, -0.1) is 0 Å². The van der Waals surface area contributed by atoms with Gasteiger partial charge in [-0.1, -0.05) is 0 Å². The summed E-state index contributed by atoms with van der Waals surface area (Å²) in [5, 5.41) is 2.66. The Hall–Kier alpha value is -2.78. The number of nitrogens with zero attached hydrogens (tertiary/aromatic N) is 1. The summed E-state index contributed by atoms with van der Waals surface area (Å²) in [7, 11) is 3.21. The van der Waals surface area contributed by atoms with E-state index in [0.717, 1.165) is 62.3 Å². The molecular formula is C29H38N2O7. The van der Waals surface area contributed by atoms with Crippen molar-refractivity contribution in [1.29, 1.82) is 0 Å². The summed E-state index contributed by atoms with van der Waals surface area (Å²) in [6.45, 7) is 6.00. The van der Waals surface area contributed by atoms with Crippen LogP contribution in [-0.2, 0) is 30.2 Å². The molecule has 4 aliphatic heterocycles. The molecule has 5 aliphatic rings. The third kappa shape index (κ3) is 3.97. The Balaban J connectivity index is 1.41. The number of benzene rings is 1. The van der Waals surface area contributed by atoms with Gasteiger partial charge in [0.05, 0.1) is 30.6 Å². The van der Waals surface area contributed by atoms with Gasteiger partial charge < -0.3 is 29.0 Å². The fourth-order valence-corrected chi connectivity index (χ4v) is 7.44. The van der Waals surface area contributed by atoms with Gasteiger partial charge in [0.2, 0.25) is 12.7 Å². The van der Waals surface area contributed by atoms with E-state index in [4.69, 9.17) is 23.7 Å². The van der Waals surface area contributed by atoms with E-state index in [1.807, 2.05) is 13.8 Å². The molecule has 0 aromatic heterocycles. The lowest BCUT2D eigenvalue weighted by Gasteiger charge is -2.44. The van der Waals surface area contributed by atoms with E-state index in [0.29, 0.717) is 12.2 Å². The SMILES string of the molecule is CNC(=O)C[C@@]1(C(=O)OC2C(OC)=C[C@]34CCCN3CCc3cc5c(cc3[C@H]24)OCO5)CCCC(C)(C)O1. The van der Waals surface area contributed by atoms with Gasteiger partial charge in [-0.25, -0.2) is 4.79 Å². The van der Waals surface area contributed by atoms with Crippen LogP contribution in [0.15, 0.2) is 24.0 Å². The maximum Gasteiger partial charge on any atom is 0.339 e. The highest BCUT2D eigenvalue weighted by Crippen LogP contribution is 2.56. The van der Waals surface area contributed by atoms with Gasteiger partial charge in [0.1, 0.15) is 5.76 Å². The van der Waals surface area contributed by atoms with Crippen LogP contribution in [0.4, 0.5) is 0 Å². The monoisotopic (exact) mass is 526 g/mol. The van der Waals surface area contributed by atoms with Crippen molar-refractivity contribution < 1.29 is 33.3 Å².